The quantitative estimate of drug-likeness (QED) is 0.781. The fourth-order valence-electron chi connectivity index (χ4n) is 1.75. The second-order valence-electron chi connectivity index (χ2n) is 3.97. The standard InChI is InChI=1S/C13H14N4O2/c14-10-4-1-2-5-11(10)17(9-13(18)19)8-12-15-6-3-7-16-12/h1-7H,8-9,14H2,(H,18,19). The number of nitrogen functional groups attached to an aromatic ring is 1. The van der Waals surface area contributed by atoms with Crippen molar-refractivity contribution >= 4 is 17.3 Å². The lowest BCUT2D eigenvalue weighted by Crippen LogP contribution is -2.30. The highest BCUT2D eigenvalue weighted by atomic mass is 16.4. The summed E-state index contributed by atoms with van der Waals surface area (Å²) in [7, 11) is 0. The number of aromatic nitrogens is 2. The van der Waals surface area contributed by atoms with Crippen LogP contribution in [-0.2, 0) is 11.3 Å². The van der Waals surface area contributed by atoms with E-state index in [1.54, 1.807) is 41.6 Å². The molecule has 0 amide bonds. The van der Waals surface area contributed by atoms with Crippen molar-refractivity contribution < 1.29 is 9.90 Å². The molecular formula is C13H14N4O2. The van der Waals surface area contributed by atoms with Gasteiger partial charge in [-0.3, -0.25) is 4.79 Å². The van der Waals surface area contributed by atoms with Gasteiger partial charge in [-0.2, -0.15) is 0 Å². The fraction of sp³-hybridized carbons (Fsp3) is 0.154. The molecule has 1 aromatic heterocycles. The maximum Gasteiger partial charge on any atom is 0.323 e. The first kappa shape index (κ1) is 12.8. The van der Waals surface area contributed by atoms with Gasteiger partial charge in [-0.25, -0.2) is 9.97 Å². The molecule has 0 bridgehead atoms. The third kappa shape index (κ3) is 3.41. The van der Waals surface area contributed by atoms with Crippen molar-refractivity contribution in [2.75, 3.05) is 17.2 Å². The molecular weight excluding hydrogens is 244 g/mol. The highest BCUT2D eigenvalue weighted by Crippen LogP contribution is 2.23. The van der Waals surface area contributed by atoms with Crippen molar-refractivity contribution in [2.24, 2.45) is 0 Å². The van der Waals surface area contributed by atoms with Crippen LogP contribution in [-0.4, -0.2) is 27.6 Å². The molecule has 3 N–H and O–H groups in total. The Balaban J connectivity index is 2.26. The van der Waals surface area contributed by atoms with Crippen molar-refractivity contribution in [3.8, 4) is 0 Å². The van der Waals surface area contributed by atoms with Gasteiger partial charge in [-0.1, -0.05) is 12.1 Å². The smallest absolute Gasteiger partial charge is 0.323 e. The summed E-state index contributed by atoms with van der Waals surface area (Å²) in [6.07, 6.45) is 3.24. The first-order chi connectivity index (χ1) is 9.16. The Morgan fingerprint density at radius 1 is 1.21 bits per heavy atom. The molecule has 6 nitrogen and oxygen atoms in total. The Labute approximate surface area is 110 Å². The lowest BCUT2D eigenvalue weighted by atomic mass is 10.2. The van der Waals surface area contributed by atoms with Crippen LogP contribution < -0.4 is 10.6 Å². The van der Waals surface area contributed by atoms with E-state index in [4.69, 9.17) is 10.8 Å². The topological polar surface area (TPSA) is 92.3 Å². The van der Waals surface area contributed by atoms with E-state index in [1.165, 1.54) is 0 Å². The molecule has 1 aromatic carbocycles. The molecule has 2 aromatic rings. The Kier molecular flexibility index (Phi) is 3.92. The van der Waals surface area contributed by atoms with Gasteiger partial charge in [0.2, 0.25) is 0 Å². The van der Waals surface area contributed by atoms with Gasteiger partial charge in [0.15, 0.2) is 0 Å². The zero-order valence-electron chi connectivity index (χ0n) is 10.2. The van der Waals surface area contributed by atoms with Gasteiger partial charge in [0.1, 0.15) is 12.4 Å². The number of carboxylic acids is 1. The molecule has 0 radical (unpaired) electrons. The van der Waals surface area contributed by atoms with Gasteiger partial charge in [0.25, 0.3) is 0 Å². The molecule has 0 unspecified atom stereocenters. The number of aliphatic carboxylic acids is 1. The molecule has 0 atom stereocenters. The monoisotopic (exact) mass is 258 g/mol. The zero-order chi connectivity index (χ0) is 13.7. The molecule has 1 heterocycles. The number of hydrogen-bond donors (Lipinski definition) is 2. The van der Waals surface area contributed by atoms with Crippen molar-refractivity contribution in [2.45, 2.75) is 6.54 Å². The van der Waals surface area contributed by atoms with Gasteiger partial charge in [0.05, 0.1) is 17.9 Å². The molecule has 0 spiro atoms. The molecule has 0 aliphatic carbocycles. The summed E-state index contributed by atoms with van der Waals surface area (Å²) in [5.41, 5.74) is 7.07. The Bertz CT molecular complexity index is 560. The van der Waals surface area contributed by atoms with Gasteiger partial charge in [-0.15, -0.1) is 0 Å². The molecule has 0 aliphatic heterocycles. The molecule has 19 heavy (non-hydrogen) atoms. The largest absolute Gasteiger partial charge is 0.480 e. The lowest BCUT2D eigenvalue weighted by molar-refractivity contribution is -0.135. The maximum atomic E-state index is 11.0. The highest BCUT2D eigenvalue weighted by molar-refractivity contribution is 5.77. The summed E-state index contributed by atoms with van der Waals surface area (Å²) in [5.74, 6) is -0.383. The molecule has 0 saturated heterocycles. The van der Waals surface area contributed by atoms with Crippen molar-refractivity contribution in [1.29, 1.82) is 0 Å². The van der Waals surface area contributed by atoms with E-state index in [0.717, 1.165) is 0 Å². The molecule has 0 aliphatic rings. The minimum absolute atomic E-state index is 0.160. The third-order valence-corrected chi connectivity index (χ3v) is 2.56. The van der Waals surface area contributed by atoms with Crippen LogP contribution in [0.4, 0.5) is 11.4 Å². The first-order valence-electron chi connectivity index (χ1n) is 5.74. The van der Waals surface area contributed by atoms with Crippen LogP contribution in [0.3, 0.4) is 0 Å². The van der Waals surface area contributed by atoms with Gasteiger partial charge >= 0.3 is 5.97 Å². The fourth-order valence-corrected chi connectivity index (χ4v) is 1.75. The number of nitrogens with two attached hydrogens (primary N) is 1. The van der Waals surface area contributed by atoms with Crippen LogP contribution in [0.15, 0.2) is 42.7 Å². The number of hydrogen-bond acceptors (Lipinski definition) is 5. The van der Waals surface area contributed by atoms with E-state index in [1.807, 2.05) is 6.07 Å². The summed E-state index contributed by atoms with van der Waals surface area (Å²) >= 11 is 0. The SMILES string of the molecule is Nc1ccccc1N(CC(=O)O)Cc1ncccn1. The zero-order valence-corrected chi connectivity index (χ0v) is 10.2. The Morgan fingerprint density at radius 2 is 1.89 bits per heavy atom. The normalized spacial score (nSPS) is 10.1. The average molecular weight is 258 g/mol. The van der Waals surface area contributed by atoms with Crippen molar-refractivity contribution in [1.82, 2.24) is 9.97 Å². The molecule has 0 saturated carbocycles. The number of para-hydroxylation sites is 2. The average Bonchev–Trinajstić information content (AvgIpc) is 2.39. The Morgan fingerprint density at radius 3 is 2.53 bits per heavy atom. The molecule has 6 heteroatoms. The summed E-state index contributed by atoms with van der Waals surface area (Å²) in [5, 5.41) is 8.99. The number of nitrogens with zero attached hydrogens (tertiary/aromatic N) is 3. The van der Waals surface area contributed by atoms with E-state index in [0.29, 0.717) is 23.7 Å². The van der Waals surface area contributed by atoms with Crippen LogP contribution in [0.5, 0.6) is 0 Å². The summed E-state index contributed by atoms with van der Waals surface area (Å²) in [6.45, 7) is 0.133. The summed E-state index contributed by atoms with van der Waals surface area (Å²) < 4.78 is 0. The summed E-state index contributed by atoms with van der Waals surface area (Å²) in [6, 6.07) is 8.84. The van der Waals surface area contributed by atoms with Gasteiger partial charge in [-0.05, 0) is 18.2 Å². The summed E-state index contributed by atoms with van der Waals surface area (Å²) in [4.78, 5) is 20.8. The maximum absolute atomic E-state index is 11.0. The molecule has 0 fully saturated rings. The number of carboxylic acid groups (broad SMARTS) is 1. The van der Waals surface area contributed by atoms with E-state index >= 15 is 0 Å². The van der Waals surface area contributed by atoms with E-state index in [-0.39, 0.29) is 6.54 Å². The van der Waals surface area contributed by atoms with E-state index in [2.05, 4.69) is 9.97 Å². The third-order valence-electron chi connectivity index (χ3n) is 2.56. The first-order valence-corrected chi connectivity index (χ1v) is 5.74. The van der Waals surface area contributed by atoms with Gasteiger partial charge in [0, 0.05) is 12.4 Å². The number of anilines is 2. The van der Waals surface area contributed by atoms with Crippen LogP contribution in [0.25, 0.3) is 0 Å². The van der Waals surface area contributed by atoms with E-state index < -0.39 is 5.97 Å². The van der Waals surface area contributed by atoms with Crippen molar-refractivity contribution in [3.63, 3.8) is 0 Å². The minimum atomic E-state index is -0.931. The minimum Gasteiger partial charge on any atom is -0.480 e. The Hall–Kier alpha value is -2.63. The molecule has 2 rings (SSSR count). The van der Waals surface area contributed by atoms with Crippen LogP contribution in [0, 0.1) is 0 Å². The van der Waals surface area contributed by atoms with E-state index in [9.17, 15) is 4.79 Å². The van der Waals surface area contributed by atoms with Crippen LogP contribution >= 0.6 is 0 Å². The lowest BCUT2D eigenvalue weighted by Gasteiger charge is -2.23. The van der Waals surface area contributed by atoms with Gasteiger partial charge < -0.3 is 15.7 Å². The van der Waals surface area contributed by atoms with Crippen LogP contribution in [0.2, 0.25) is 0 Å². The predicted molar refractivity (Wildman–Crippen MR) is 71.6 cm³/mol. The number of carbonyl (C=O) groups is 1. The molecule has 98 valence electrons. The predicted octanol–water partition coefficient (Wildman–Crippen LogP) is 1.15. The van der Waals surface area contributed by atoms with Crippen LogP contribution in [0.1, 0.15) is 5.82 Å². The highest BCUT2D eigenvalue weighted by Gasteiger charge is 2.14. The second kappa shape index (κ2) is 5.81. The van der Waals surface area contributed by atoms with Crippen molar-refractivity contribution in [3.05, 3.63) is 48.5 Å². The number of rotatable bonds is 5. The number of benzene rings is 1. The second-order valence-corrected chi connectivity index (χ2v) is 3.97.